The van der Waals surface area contributed by atoms with Gasteiger partial charge in [-0.1, -0.05) is 19.3 Å². The van der Waals surface area contributed by atoms with Crippen LogP contribution in [0.1, 0.15) is 38.5 Å². The molecule has 0 radical (unpaired) electrons. The van der Waals surface area contributed by atoms with Crippen molar-refractivity contribution in [2.24, 2.45) is 0 Å². The Morgan fingerprint density at radius 3 is 2.59 bits per heavy atom. The summed E-state index contributed by atoms with van der Waals surface area (Å²) in [5, 5.41) is 6.30. The zero-order valence-electron chi connectivity index (χ0n) is 11.3. The van der Waals surface area contributed by atoms with E-state index in [1.165, 1.54) is 32.1 Å². The lowest BCUT2D eigenvalue weighted by atomic mass is 9.95. The van der Waals surface area contributed by atoms with Gasteiger partial charge in [0.25, 0.3) is 0 Å². The highest BCUT2D eigenvalue weighted by Crippen LogP contribution is 2.16. The summed E-state index contributed by atoms with van der Waals surface area (Å²) in [6.45, 7) is 2.28. The highest BCUT2D eigenvalue weighted by molar-refractivity contribution is 5.77. The molecular formula is C13H27N3O. The summed E-state index contributed by atoms with van der Waals surface area (Å²) in [5.41, 5.74) is 0. The van der Waals surface area contributed by atoms with Crippen molar-refractivity contribution >= 4 is 5.91 Å². The van der Waals surface area contributed by atoms with Gasteiger partial charge in [-0.2, -0.15) is 0 Å². The van der Waals surface area contributed by atoms with Crippen molar-refractivity contribution in [1.29, 1.82) is 0 Å². The first-order chi connectivity index (χ1) is 8.18. The topological polar surface area (TPSA) is 44.4 Å². The van der Waals surface area contributed by atoms with Gasteiger partial charge in [0, 0.05) is 12.6 Å². The van der Waals surface area contributed by atoms with E-state index in [2.05, 4.69) is 15.5 Å². The van der Waals surface area contributed by atoms with Gasteiger partial charge in [0.05, 0.1) is 6.54 Å². The number of nitrogens with one attached hydrogen (secondary N) is 2. The fourth-order valence-electron chi connectivity index (χ4n) is 2.23. The molecule has 1 fully saturated rings. The van der Waals surface area contributed by atoms with Crippen molar-refractivity contribution in [2.75, 3.05) is 33.7 Å². The third kappa shape index (κ3) is 7.34. The highest BCUT2D eigenvalue weighted by Gasteiger charge is 2.13. The molecule has 0 atom stereocenters. The van der Waals surface area contributed by atoms with Gasteiger partial charge in [-0.25, -0.2) is 0 Å². The lowest BCUT2D eigenvalue weighted by Gasteiger charge is -2.22. The number of nitrogens with zero attached hydrogens (tertiary/aromatic N) is 1. The SMILES string of the molecule is CN(C)CCCNC(=O)CNC1CCCCC1. The molecule has 0 aliphatic heterocycles. The number of amides is 1. The van der Waals surface area contributed by atoms with Crippen molar-refractivity contribution < 1.29 is 4.79 Å². The molecule has 1 rings (SSSR count). The maximum Gasteiger partial charge on any atom is 0.233 e. The van der Waals surface area contributed by atoms with Crippen LogP contribution in [0, 0.1) is 0 Å². The quantitative estimate of drug-likeness (QED) is 0.653. The molecule has 0 aromatic rings. The number of carbonyl (C=O) groups excluding carboxylic acids is 1. The molecular weight excluding hydrogens is 214 g/mol. The summed E-state index contributed by atoms with van der Waals surface area (Å²) >= 11 is 0. The zero-order chi connectivity index (χ0) is 12.5. The number of hydrogen-bond donors (Lipinski definition) is 2. The summed E-state index contributed by atoms with van der Waals surface area (Å²) in [7, 11) is 4.10. The summed E-state index contributed by atoms with van der Waals surface area (Å²) in [6, 6.07) is 0.566. The normalized spacial score (nSPS) is 17.4. The number of hydrogen-bond acceptors (Lipinski definition) is 3. The zero-order valence-corrected chi connectivity index (χ0v) is 11.3. The molecule has 0 saturated heterocycles. The second-order valence-corrected chi connectivity index (χ2v) is 5.22. The molecule has 1 aliphatic carbocycles. The summed E-state index contributed by atoms with van der Waals surface area (Å²) < 4.78 is 0. The molecule has 0 heterocycles. The summed E-state index contributed by atoms with van der Waals surface area (Å²) in [4.78, 5) is 13.7. The Morgan fingerprint density at radius 1 is 1.24 bits per heavy atom. The third-order valence-corrected chi connectivity index (χ3v) is 3.26. The highest BCUT2D eigenvalue weighted by atomic mass is 16.1. The second-order valence-electron chi connectivity index (χ2n) is 5.22. The van der Waals surface area contributed by atoms with E-state index in [1.54, 1.807) is 0 Å². The predicted octanol–water partition coefficient (Wildman–Crippen LogP) is 0.977. The average Bonchev–Trinajstić information content (AvgIpc) is 2.33. The molecule has 100 valence electrons. The fourth-order valence-corrected chi connectivity index (χ4v) is 2.23. The number of carbonyl (C=O) groups is 1. The van der Waals surface area contributed by atoms with Crippen molar-refractivity contribution in [2.45, 2.75) is 44.6 Å². The van der Waals surface area contributed by atoms with E-state index >= 15 is 0 Å². The molecule has 17 heavy (non-hydrogen) atoms. The van der Waals surface area contributed by atoms with Crippen LogP contribution in [0.25, 0.3) is 0 Å². The molecule has 1 saturated carbocycles. The van der Waals surface area contributed by atoms with Gasteiger partial charge in [0.2, 0.25) is 5.91 Å². The number of rotatable bonds is 7. The smallest absolute Gasteiger partial charge is 0.233 e. The van der Waals surface area contributed by atoms with E-state index in [0.717, 1.165) is 19.5 Å². The van der Waals surface area contributed by atoms with Gasteiger partial charge in [-0.15, -0.1) is 0 Å². The molecule has 0 aromatic carbocycles. The lowest BCUT2D eigenvalue weighted by Crippen LogP contribution is -2.40. The predicted molar refractivity (Wildman–Crippen MR) is 71.1 cm³/mol. The molecule has 2 N–H and O–H groups in total. The minimum absolute atomic E-state index is 0.134. The van der Waals surface area contributed by atoms with Crippen LogP contribution in [0.15, 0.2) is 0 Å². The van der Waals surface area contributed by atoms with Crippen LogP contribution in [0.2, 0.25) is 0 Å². The third-order valence-electron chi connectivity index (χ3n) is 3.26. The lowest BCUT2D eigenvalue weighted by molar-refractivity contribution is -0.120. The van der Waals surface area contributed by atoms with E-state index in [4.69, 9.17) is 0 Å². The first kappa shape index (κ1) is 14.5. The molecule has 0 unspecified atom stereocenters. The average molecular weight is 241 g/mol. The van der Waals surface area contributed by atoms with E-state index < -0.39 is 0 Å². The minimum Gasteiger partial charge on any atom is -0.355 e. The monoisotopic (exact) mass is 241 g/mol. The first-order valence-electron chi connectivity index (χ1n) is 6.83. The molecule has 0 spiro atoms. The van der Waals surface area contributed by atoms with Gasteiger partial charge < -0.3 is 15.5 Å². The van der Waals surface area contributed by atoms with Crippen LogP contribution in [0.5, 0.6) is 0 Å². The van der Waals surface area contributed by atoms with Gasteiger partial charge in [-0.05, 0) is 39.9 Å². The maximum atomic E-state index is 11.5. The summed E-state index contributed by atoms with van der Waals surface area (Å²) in [6.07, 6.45) is 7.45. The van der Waals surface area contributed by atoms with Gasteiger partial charge in [-0.3, -0.25) is 4.79 Å². The van der Waals surface area contributed by atoms with Crippen molar-refractivity contribution in [1.82, 2.24) is 15.5 Å². The largest absolute Gasteiger partial charge is 0.355 e. The van der Waals surface area contributed by atoms with Crippen LogP contribution in [0.3, 0.4) is 0 Å². The summed E-state index contributed by atoms with van der Waals surface area (Å²) in [5.74, 6) is 0.134. The Labute approximate surface area is 105 Å². The van der Waals surface area contributed by atoms with Crippen LogP contribution in [-0.2, 0) is 4.79 Å². The molecule has 0 aromatic heterocycles. The van der Waals surface area contributed by atoms with E-state index in [0.29, 0.717) is 12.6 Å². The Bertz CT molecular complexity index is 213. The molecule has 1 amide bonds. The van der Waals surface area contributed by atoms with Crippen LogP contribution >= 0.6 is 0 Å². The van der Waals surface area contributed by atoms with Crippen LogP contribution in [-0.4, -0.2) is 50.6 Å². The van der Waals surface area contributed by atoms with Gasteiger partial charge >= 0.3 is 0 Å². The molecule has 1 aliphatic rings. The Balaban J connectivity index is 1.96. The maximum absolute atomic E-state index is 11.5. The van der Waals surface area contributed by atoms with Gasteiger partial charge in [0.1, 0.15) is 0 Å². The van der Waals surface area contributed by atoms with Crippen molar-refractivity contribution in [3.05, 3.63) is 0 Å². The van der Waals surface area contributed by atoms with Gasteiger partial charge in [0.15, 0.2) is 0 Å². The molecule has 4 nitrogen and oxygen atoms in total. The first-order valence-corrected chi connectivity index (χ1v) is 6.83. The van der Waals surface area contributed by atoms with Crippen molar-refractivity contribution in [3.8, 4) is 0 Å². The fraction of sp³-hybridized carbons (Fsp3) is 0.923. The minimum atomic E-state index is 0.134. The Morgan fingerprint density at radius 2 is 1.94 bits per heavy atom. The van der Waals surface area contributed by atoms with E-state index in [9.17, 15) is 4.79 Å². The molecule has 4 heteroatoms. The van der Waals surface area contributed by atoms with Crippen molar-refractivity contribution in [3.63, 3.8) is 0 Å². The van der Waals surface area contributed by atoms with E-state index in [1.807, 2.05) is 14.1 Å². The Hall–Kier alpha value is -0.610. The van der Waals surface area contributed by atoms with Crippen LogP contribution < -0.4 is 10.6 Å². The second kappa shape index (κ2) is 8.48. The molecule has 0 bridgehead atoms. The van der Waals surface area contributed by atoms with Crippen LogP contribution in [0.4, 0.5) is 0 Å². The standard InChI is InChI=1S/C13H27N3O/c1-16(2)10-6-9-14-13(17)11-15-12-7-4-3-5-8-12/h12,15H,3-11H2,1-2H3,(H,14,17). The Kier molecular flexibility index (Phi) is 7.21. The van der Waals surface area contributed by atoms with E-state index in [-0.39, 0.29) is 5.91 Å².